The number of hydrogen-bond acceptors (Lipinski definition) is 5. The van der Waals surface area contributed by atoms with Gasteiger partial charge in [-0.05, 0) is 57.5 Å². The molecule has 4 nitrogen and oxygen atoms in total. The summed E-state index contributed by atoms with van der Waals surface area (Å²) in [6.07, 6.45) is 2.04. The second kappa shape index (κ2) is 10.7. The van der Waals surface area contributed by atoms with Crippen LogP contribution in [0, 0.1) is 10.8 Å². The molecule has 23 heavy (non-hydrogen) atoms. The standard InChI is InChI=1S/C17H28N4S2/c1-13(18)23-12-16(8-10-21(2)3)15-6-4-14(5-7-15)9-11-22-17(19)20/h4-7,16,18H,8-12H2,1-3H3,(H3,19,20)/t16-/m0/s1. The molecule has 0 saturated heterocycles. The molecule has 0 unspecified atom stereocenters. The fourth-order valence-corrected chi connectivity index (χ4v) is 3.59. The van der Waals surface area contributed by atoms with Gasteiger partial charge in [-0.25, -0.2) is 0 Å². The predicted molar refractivity (Wildman–Crippen MR) is 106 cm³/mol. The lowest BCUT2D eigenvalue weighted by Crippen LogP contribution is -2.17. The summed E-state index contributed by atoms with van der Waals surface area (Å²) in [4.78, 5) is 2.21. The molecule has 1 atom stereocenters. The minimum absolute atomic E-state index is 0.185. The molecular weight excluding hydrogens is 324 g/mol. The molecule has 0 aliphatic carbocycles. The number of nitrogens with zero attached hydrogens (tertiary/aromatic N) is 1. The fraction of sp³-hybridized carbons (Fsp3) is 0.529. The Labute approximate surface area is 148 Å². The molecule has 4 N–H and O–H groups in total. The minimum atomic E-state index is 0.185. The van der Waals surface area contributed by atoms with E-state index >= 15 is 0 Å². The van der Waals surface area contributed by atoms with Crippen LogP contribution in [0.25, 0.3) is 0 Å². The summed E-state index contributed by atoms with van der Waals surface area (Å²) in [7, 11) is 4.20. The molecule has 6 heteroatoms. The molecule has 0 saturated carbocycles. The Bertz CT molecular complexity index is 500. The van der Waals surface area contributed by atoms with Crippen LogP contribution in [0.1, 0.15) is 30.4 Å². The summed E-state index contributed by atoms with van der Waals surface area (Å²) in [5, 5.41) is 15.7. The monoisotopic (exact) mass is 352 g/mol. The predicted octanol–water partition coefficient (Wildman–Crippen LogP) is 3.62. The topological polar surface area (TPSA) is 77.0 Å². The number of thioether (sulfide) groups is 2. The maximum Gasteiger partial charge on any atom is 0.151 e. The average Bonchev–Trinajstić information content (AvgIpc) is 2.47. The number of nitrogens with one attached hydrogen (secondary N) is 2. The highest BCUT2D eigenvalue weighted by Crippen LogP contribution is 2.25. The van der Waals surface area contributed by atoms with E-state index < -0.39 is 0 Å². The zero-order chi connectivity index (χ0) is 17.2. The van der Waals surface area contributed by atoms with Crippen molar-refractivity contribution in [2.75, 3.05) is 32.1 Å². The van der Waals surface area contributed by atoms with Crippen molar-refractivity contribution in [3.05, 3.63) is 35.4 Å². The van der Waals surface area contributed by atoms with Crippen molar-refractivity contribution in [1.29, 1.82) is 10.8 Å². The second-order valence-corrected chi connectivity index (χ2v) is 8.23. The maximum atomic E-state index is 7.63. The Kier molecular flexibility index (Phi) is 9.36. The van der Waals surface area contributed by atoms with Gasteiger partial charge in [0, 0.05) is 11.5 Å². The summed E-state index contributed by atoms with van der Waals surface area (Å²) < 4.78 is 0. The number of nitrogens with two attached hydrogens (primary N) is 1. The van der Waals surface area contributed by atoms with Gasteiger partial charge in [-0.15, -0.1) is 11.8 Å². The Morgan fingerprint density at radius 1 is 1.17 bits per heavy atom. The Morgan fingerprint density at radius 3 is 2.35 bits per heavy atom. The van der Waals surface area contributed by atoms with E-state index in [9.17, 15) is 0 Å². The van der Waals surface area contributed by atoms with E-state index in [1.165, 1.54) is 22.9 Å². The molecule has 0 heterocycles. The highest BCUT2D eigenvalue weighted by molar-refractivity contribution is 8.13. The zero-order valence-corrected chi connectivity index (χ0v) is 15.9. The first-order valence-corrected chi connectivity index (χ1v) is 9.74. The number of amidine groups is 1. The van der Waals surface area contributed by atoms with Gasteiger partial charge in [-0.1, -0.05) is 36.0 Å². The molecule has 0 aliphatic rings. The highest BCUT2D eigenvalue weighted by atomic mass is 32.2. The lowest BCUT2D eigenvalue weighted by molar-refractivity contribution is 0.387. The van der Waals surface area contributed by atoms with Crippen LogP contribution in [-0.2, 0) is 6.42 Å². The van der Waals surface area contributed by atoms with Crippen LogP contribution in [0.5, 0.6) is 0 Å². The normalized spacial score (nSPS) is 12.3. The van der Waals surface area contributed by atoms with Gasteiger partial charge in [0.15, 0.2) is 5.17 Å². The van der Waals surface area contributed by atoms with E-state index in [4.69, 9.17) is 16.6 Å². The van der Waals surface area contributed by atoms with Gasteiger partial charge in [0.2, 0.25) is 0 Å². The summed E-state index contributed by atoms with van der Waals surface area (Å²) in [5.41, 5.74) is 7.99. The van der Waals surface area contributed by atoms with Gasteiger partial charge < -0.3 is 10.6 Å². The van der Waals surface area contributed by atoms with Crippen molar-refractivity contribution < 1.29 is 0 Å². The third-order valence-electron chi connectivity index (χ3n) is 3.53. The van der Waals surface area contributed by atoms with E-state index in [2.05, 4.69) is 43.3 Å². The average molecular weight is 353 g/mol. The van der Waals surface area contributed by atoms with Crippen LogP contribution in [0.2, 0.25) is 0 Å². The smallest absolute Gasteiger partial charge is 0.151 e. The summed E-state index contributed by atoms with van der Waals surface area (Å²) in [5.74, 6) is 2.29. The molecule has 1 rings (SSSR count). The Morgan fingerprint density at radius 2 is 1.83 bits per heavy atom. The molecule has 0 spiro atoms. The Balaban J connectivity index is 2.65. The minimum Gasteiger partial charge on any atom is -0.379 e. The van der Waals surface area contributed by atoms with Crippen LogP contribution < -0.4 is 5.73 Å². The van der Waals surface area contributed by atoms with Crippen molar-refractivity contribution in [2.24, 2.45) is 5.73 Å². The third kappa shape index (κ3) is 9.03. The fourth-order valence-electron chi connectivity index (χ4n) is 2.22. The second-order valence-electron chi connectivity index (χ2n) is 5.86. The highest BCUT2D eigenvalue weighted by Gasteiger charge is 2.13. The molecule has 0 aliphatic heterocycles. The van der Waals surface area contributed by atoms with E-state index in [0.717, 1.165) is 30.9 Å². The van der Waals surface area contributed by atoms with Crippen molar-refractivity contribution >= 4 is 33.7 Å². The van der Waals surface area contributed by atoms with Crippen LogP contribution in [0.3, 0.4) is 0 Å². The molecular formula is C17H28N4S2. The molecule has 0 amide bonds. The van der Waals surface area contributed by atoms with E-state index in [1.54, 1.807) is 11.8 Å². The quantitative estimate of drug-likeness (QED) is 0.468. The van der Waals surface area contributed by atoms with Gasteiger partial charge >= 0.3 is 0 Å². The largest absolute Gasteiger partial charge is 0.379 e. The first-order valence-electron chi connectivity index (χ1n) is 7.77. The van der Waals surface area contributed by atoms with Gasteiger partial charge in [0.1, 0.15) is 0 Å². The molecule has 0 radical (unpaired) electrons. The first kappa shape index (κ1) is 20.1. The Hall–Kier alpha value is -0.980. The van der Waals surface area contributed by atoms with Crippen molar-refractivity contribution in [1.82, 2.24) is 4.90 Å². The van der Waals surface area contributed by atoms with Crippen molar-refractivity contribution in [3.8, 4) is 0 Å². The van der Waals surface area contributed by atoms with E-state index in [1.807, 2.05) is 6.92 Å². The number of benzene rings is 1. The SMILES string of the molecule is CC(=N)SC[C@H](CCN(C)C)c1ccc(CCSC(=N)N)cc1. The number of hydrogen-bond donors (Lipinski definition) is 3. The van der Waals surface area contributed by atoms with Gasteiger partial charge in [0.25, 0.3) is 0 Å². The van der Waals surface area contributed by atoms with Crippen LogP contribution in [0.4, 0.5) is 0 Å². The molecule has 0 aromatic heterocycles. The maximum absolute atomic E-state index is 7.63. The number of rotatable bonds is 9. The van der Waals surface area contributed by atoms with Crippen LogP contribution in [0.15, 0.2) is 24.3 Å². The lowest BCUT2D eigenvalue weighted by atomic mass is 9.96. The molecule has 1 aromatic carbocycles. The van der Waals surface area contributed by atoms with Crippen molar-refractivity contribution in [2.45, 2.75) is 25.7 Å². The van der Waals surface area contributed by atoms with E-state index in [0.29, 0.717) is 11.0 Å². The summed E-state index contributed by atoms with van der Waals surface area (Å²) in [6.45, 7) is 2.91. The molecule has 128 valence electrons. The number of aryl methyl sites for hydroxylation is 1. The van der Waals surface area contributed by atoms with Gasteiger partial charge in [-0.3, -0.25) is 10.8 Å². The zero-order valence-electron chi connectivity index (χ0n) is 14.3. The van der Waals surface area contributed by atoms with Crippen molar-refractivity contribution in [3.63, 3.8) is 0 Å². The van der Waals surface area contributed by atoms with Gasteiger partial charge in [0.05, 0.1) is 5.04 Å². The van der Waals surface area contributed by atoms with E-state index in [-0.39, 0.29) is 5.17 Å². The van der Waals surface area contributed by atoms with Crippen LogP contribution >= 0.6 is 23.5 Å². The lowest BCUT2D eigenvalue weighted by Gasteiger charge is -2.19. The molecule has 1 aromatic rings. The van der Waals surface area contributed by atoms with Gasteiger partial charge in [-0.2, -0.15) is 0 Å². The summed E-state index contributed by atoms with van der Waals surface area (Å²) in [6, 6.07) is 8.79. The summed E-state index contributed by atoms with van der Waals surface area (Å²) >= 11 is 3.02. The van der Waals surface area contributed by atoms with Crippen LogP contribution in [-0.4, -0.2) is 47.3 Å². The molecule has 0 fully saturated rings. The molecule has 0 bridgehead atoms. The first-order chi connectivity index (χ1) is 10.9. The third-order valence-corrected chi connectivity index (χ3v) is 5.25.